The number of rotatable bonds is 14. The largest absolute Gasteiger partial charge is 0.486 e. The highest BCUT2D eigenvalue weighted by Gasteiger charge is 2.08. The topological polar surface area (TPSA) is 97.1 Å². The smallest absolute Gasteiger partial charge is 0.170 e. The molecule has 0 unspecified atom stereocenters. The monoisotopic (exact) mass is 353 g/mol. The molecule has 1 aromatic rings. The van der Waals surface area contributed by atoms with E-state index < -0.39 is 0 Å². The molecular formula is C18H27NO6. The molecule has 0 heterocycles. The second kappa shape index (κ2) is 12.4. The predicted octanol–water partition coefficient (Wildman–Crippen LogP) is 1.88. The molecule has 7 heteroatoms. The van der Waals surface area contributed by atoms with Crippen LogP contribution >= 0.6 is 0 Å². The van der Waals surface area contributed by atoms with Gasteiger partial charge in [-0.25, -0.2) is 0 Å². The van der Waals surface area contributed by atoms with Crippen LogP contribution in [0.25, 0.3) is 0 Å². The van der Waals surface area contributed by atoms with Crippen LogP contribution < -0.4 is 10.5 Å². The number of methoxy groups -OCH3 is 1. The molecule has 0 saturated heterocycles. The molecule has 0 fully saturated rings. The summed E-state index contributed by atoms with van der Waals surface area (Å²) in [7, 11) is 1.62. The van der Waals surface area contributed by atoms with Gasteiger partial charge in [-0.05, 0) is 25.5 Å². The minimum atomic E-state index is -0.107. The third kappa shape index (κ3) is 9.19. The van der Waals surface area contributed by atoms with Crippen LogP contribution in [0.1, 0.15) is 30.1 Å². The lowest BCUT2D eigenvalue weighted by Crippen LogP contribution is -2.13. The van der Waals surface area contributed by atoms with Crippen molar-refractivity contribution in [2.24, 2.45) is 0 Å². The Morgan fingerprint density at radius 3 is 2.36 bits per heavy atom. The van der Waals surface area contributed by atoms with Crippen LogP contribution in [0.15, 0.2) is 18.2 Å². The predicted molar refractivity (Wildman–Crippen MR) is 94.1 cm³/mol. The fourth-order valence-electron chi connectivity index (χ4n) is 2.02. The molecule has 0 aliphatic carbocycles. The number of ketones is 2. The van der Waals surface area contributed by atoms with Gasteiger partial charge in [-0.15, -0.1) is 0 Å². The van der Waals surface area contributed by atoms with Crippen LogP contribution in [-0.4, -0.2) is 58.3 Å². The summed E-state index contributed by atoms with van der Waals surface area (Å²) in [5, 5.41) is 0. The normalized spacial score (nSPS) is 10.6. The molecule has 140 valence electrons. The zero-order valence-electron chi connectivity index (χ0n) is 14.9. The summed E-state index contributed by atoms with van der Waals surface area (Å²) in [5.74, 6) is 0.346. The van der Waals surface area contributed by atoms with Gasteiger partial charge < -0.3 is 24.7 Å². The maximum atomic E-state index is 11.8. The number of carbonyl (C=O) groups is 2. The SMILES string of the molecule is COCCOCCOCCCC(=O)COc1ccc(C(C)=O)c(N)c1. The van der Waals surface area contributed by atoms with Gasteiger partial charge in [-0.2, -0.15) is 0 Å². The minimum absolute atomic E-state index is 0.0193. The summed E-state index contributed by atoms with van der Waals surface area (Å²) in [6.45, 7) is 4.04. The first-order chi connectivity index (χ1) is 12.0. The van der Waals surface area contributed by atoms with E-state index in [-0.39, 0.29) is 18.2 Å². The summed E-state index contributed by atoms with van der Waals surface area (Å²) >= 11 is 0. The standard InChI is InChI=1S/C18H27NO6/c1-14(20)17-6-5-16(12-18(17)19)25-13-15(21)4-3-7-23-10-11-24-9-8-22-2/h5-6,12H,3-4,7-11,13,19H2,1-2H3. The first-order valence-electron chi connectivity index (χ1n) is 8.24. The Labute approximate surface area is 148 Å². The molecular weight excluding hydrogens is 326 g/mol. The van der Waals surface area contributed by atoms with Gasteiger partial charge in [0.05, 0.1) is 26.4 Å². The lowest BCUT2D eigenvalue weighted by atomic mass is 10.1. The second-order valence-electron chi connectivity index (χ2n) is 5.45. The summed E-state index contributed by atoms with van der Waals surface area (Å²) in [4.78, 5) is 23.1. The molecule has 0 aliphatic rings. The summed E-state index contributed by atoms with van der Waals surface area (Å²) in [6, 6.07) is 4.78. The lowest BCUT2D eigenvalue weighted by Gasteiger charge is -2.08. The van der Waals surface area contributed by atoms with Crippen LogP contribution in [0.3, 0.4) is 0 Å². The van der Waals surface area contributed by atoms with Crippen LogP contribution in [0, 0.1) is 0 Å². The van der Waals surface area contributed by atoms with Gasteiger partial charge >= 0.3 is 0 Å². The van der Waals surface area contributed by atoms with E-state index in [4.69, 9.17) is 24.7 Å². The molecule has 0 aliphatic heterocycles. The number of carbonyl (C=O) groups excluding carboxylic acids is 2. The fraction of sp³-hybridized carbons (Fsp3) is 0.556. The van der Waals surface area contributed by atoms with Crippen molar-refractivity contribution in [3.8, 4) is 5.75 Å². The van der Waals surface area contributed by atoms with Crippen molar-refractivity contribution in [1.29, 1.82) is 0 Å². The van der Waals surface area contributed by atoms with Crippen molar-refractivity contribution >= 4 is 17.3 Å². The fourth-order valence-corrected chi connectivity index (χ4v) is 2.02. The Balaban J connectivity index is 2.11. The molecule has 0 aromatic heterocycles. The Morgan fingerprint density at radius 2 is 1.72 bits per heavy atom. The van der Waals surface area contributed by atoms with Crippen molar-refractivity contribution in [1.82, 2.24) is 0 Å². The molecule has 0 bridgehead atoms. The Kier molecular flexibility index (Phi) is 10.5. The van der Waals surface area contributed by atoms with E-state index in [1.807, 2.05) is 0 Å². The van der Waals surface area contributed by atoms with Gasteiger partial charge in [0.25, 0.3) is 0 Å². The van der Waals surface area contributed by atoms with E-state index in [1.54, 1.807) is 25.3 Å². The van der Waals surface area contributed by atoms with E-state index in [1.165, 1.54) is 6.92 Å². The highest BCUT2D eigenvalue weighted by molar-refractivity contribution is 5.99. The number of hydrogen-bond acceptors (Lipinski definition) is 7. The molecule has 2 N–H and O–H groups in total. The number of ether oxygens (including phenoxy) is 4. The van der Waals surface area contributed by atoms with Crippen molar-refractivity contribution in [2.45, 2.75) is 19.8 Å². The molecule has 1 aromatic carbocycles. The Bertz CT molecular complexity index is 546. The number of anilines is 1. The third-order valence-corrected chi connectivity index (χ3v) is 3.35. The number of nitrogens with two attached hydrogens (primary N) is 1. The molecule has 7 nitrogen and oxygen atoms in total. The van der Waals surface area contributed by atoms with Crippen LogP contribution in [0.4, 0.5) is 5.69 Å². The average Bonchev–Trinajstić information content (AvgIpc) is 2.58. The molecule has 0 saturated carbocycles. The number of nitrogen functional groups attached to an aromatic ring is 1. The quantitative estimate of drug-likeness (QED) is 0.310. The van der Waals surface area contributed by atoms with Gasteiger partial charge in [0.1, 0.15) is 12.4 Å². The molecule has 0 amide bonds. The van der Waals surface area contributed by atoms with Crippen LogP contribution in [0.2, 0.25) is 0 Å². The average molecular weight is 353 g/mol. The van der Waals surface area contributed by atoms with Crippen molar-refractivity contribution in [3.63, 3.8) is 0 Å². The number of benzene rings is 1. The Hall–Kier alpha value is -1.96. The summed E-state index contributed by atoms with van der Waals surface area (Å²) in [6.07, 6.45) is 1.01. The van der Waals surface area contributed by atoms with E-state index in [2.05, 4.69) is 0 Å². The van der Waals surface area contributed by atoms with Gasteiger partial charge in [0.2, 0.25) is 0 Å². The van der Waals surface area contributed by atoms with Gasteiger partial charge in [-0.3, -0.25) is 9.59 Å². The molecule has 1 rings (SSSR count). The molecule has 0 atom stereocenters. The van der Waals surface area contributed by atoms with Crippen LogP contribution in [-0.2, 0) is 19.0 Å². The molecule has 0 spiro atoms. The Morgan fingerprint density at radius 1 is 1.04 bits per heavy atom. The van der Waals surface area contributed by atoms with Gasteiger partial charge in [-0.1, -0.05) is 0 Å². The van der Waals surface area contributed by atoms with Crippen molar-refractivity contribution in [3.05, 3.63) is 23.8 Å². The first kappa shape index (κ1) is 21.1. The lowest BCUT2D eigenvalue weighted by molar-refractivity contribution is -0.121. The highest BCUT2D eigenvalue weighted by atomic mass is 16.5. The minimum Gasteiger partial charge on any atom is -0.486 e. The third-order valence-electron chi connectivity index (χ3n) is 3.35. The first-order valence-corrected chi connectivity index (χ1v) is 8.24. The maximum Gasteiger partial charge on any atom is 0.170 e. The zero-order chi connectivity index (χ0) is 18.5. The second-order valence-corrected chi connectivity index (χ2v) is 5.45. The van der Waals surface area contributed by atoms with Gasteiger partial charge in [0, 0.05) is 37.5 Å². The summed E-state index contributed by atoms with van der Waals surface area (Å²) < 4.78 is 20.9. The van der Waals surface area contributed by atoms with Crippen molar-refractivity contribution < 1.29 is 28.5 Å². The number of Topliss-reactive ketones (excluding diaryl/α,β-unsaturated/α-hetero) is 2. The van der Waals surface area contributed by atoms with E-state index in [0.717, 1.165) is 0 Å². The van der Waals surface area contributed by atoms with E-state index in [9.17, 15) is 9.59 Å². The van der Waals surface area contributed by atoms with Crippen LogP contribution in [0.5, 0.6) is 5.75 Å². The molecule has 0 radical (unpaired) electrons. The summed E-state index contributed by atoms with van der Waals surface area (Å²) in [5.41, 5.74) is 6.57. The molecule has 25 heavy (non-hydrogen) atoms. The van der Waals surface area contributed by atoms with E-state index in [0.29, 0.717) is 62.9 Å². The van der Waals surface area contributed by atoms with Gasteiger partial charge in [0.15, 0.2) is 11.6 Å². The van der Waals surface area contributed by atoms with E-state index >= 15 is 0 Å². The maximum absolute atomic E-state index is 11.8. The zero-order valence-corrected chi connectivity index (χ0v) is 14.9. The van der Waals surface area contributed by atoms with Crippen molar-refractivity contribution in [2.75, 3.05) is 52.5 Å². The highest BCUT2D eigenvalue weighted by Crippen LogP contribution is 2.20. The number of hydrogen-bond donors (Lipinski definition) is 1.